The number of benzene rings is 1. The predicted molar refractivity (Wildman–Crippen MR) is 82.5 cm³/mol. The molecule has 1 aromatic heterocycles. The third kappa shape index (κ3) is 2.68. The summed E-state index contributed by atoms with van der Waals surface area (Å²) >= 11 is 0. The van der Waals surface area contributed by atoms with Crippen LogP contribution >= 0.6 is 0 Å². The smallest absolute Gasteiger partial charge is 0.272 e. The lowest BCUT2D eigenvalue weighted by Gasteiger charge is -2.36. The van der Waals surface area contributed by atoms with Gasteiger partial charge in [-0.1, -0.05) is 12.1 Å². The lowest BCUT2D eigenvalue weighted by atomic mass is 10.2. The van der Waals surface area contributed by atoms with E-state index in [9.17, 15) is 9.18 Å². The van der Waals surface area contributed by atoms with Crippen LogP contribution in [0.2, 0.25) is 0 Å². The highest BCUT2D eigenvalue weighted by Gasteiger charge is 2.25. The molecule has 22 heavy (non-hydrogen) atoms. The van der Waals surface area contributed by atoms with Crippen LogP contribution < -0.4 is 4.90 Å². The highest BCUT2D eigenvalue weighted by molar-refractivity contribution is 5.92. The van der Waals surface area contributed by atoms with E-state index in [0.29, 0.717) is 37.6 Å². The normalized spacial score (nSPS) is 15.2. The minimum absolute atomic E-state index is 0.0173. The van der Waals surface area contributed by atoms with Crippen LogP contribution in [0.5, 0.6) is 0 Å². The molecule has 3 rings (SSSR count). The molecule has 1 saturated heterocycles. The van der Waals surface area contributed by atoms with Gasteiger partial charge in [-0.25, -0.2) is 4.39 Å². The monoisotopic (exact) mass is 302 g/mol. The van der Waals surface area contributed by atoms with Crippen molar-refractivity contribution in [1.29, 1.82) is 0 Å². The number of para-hydroxylation sites is 1. The van der Waals surface area contributed by atoms with Crippen molar-refractivity contribution in [2.24, 2.45) is 7.05 Å². The minimum Gasteiger partial charge on any atom is -0.366 e. The summed E-state index contributed by atoms with van der Waals surface area (Å²) < 4.78 is 15.4. The molecule has 6 heteroatoms. The van der Waals surface area contributed by atoms with Crippen molar-refractivity contribution in [1.82, 2.24) is 14.7 Å². The van der Waals surface area contributed by atoms with E-state index in [2.05, 4.69) is 5.10 Å². The van der Waals surface area contributed by atoms with Crippen molar-refractivity contribution in [3.8, 4) is 0 Å². The number of amides is 1. The highest BCUT2D eigenvalue weighted by Crippen LogP contribution is 2.20. The summed E-state index contributed by atoms with van der Waals surface area (Å²) in [5, 5.41) is 4.21. The number of halogens is 1. The van der Waals surface area contributed by atoms with Crippen molar-refractivity contribution in [2.45, 2.75) is 6.92 Å². The van der Waals surface area contributed by atoms with Gasteiger partial charge in [0.15, 0.2) is 0 Å². The molecule has 0 unspecified atom stereocenters. The zero-order chi connectivity index (χ0) is 15.7. The minimum atomic E-state index is -0.218. The van der Waals surface area contributed by atoms with Gasteiger partial charge in [0.25, 0.3) is 5.91 Å². The summed E-state index contributed by atoms with van der Waals surface area (Å²) in [7, 11) is 1.77. The number of anilines is 1. The molecule has 2 heterocycles. The van der Waals surface area contributed by atoms with E-state index in [0.717, 1.165) is 5.69 Å². The van der Waals surface area contributed by atoms with Crippen LogP contribution in [-0.2, 0) is 7.05 Å². The molecule has 1 amide bonds. The maximum atomic E-state index is 13.8. The van der Waals surface area contributed by atoms with Crippen molar-refractivity contribution in [3.63, 3.8) is 0 Å². The molecule has 116 valence electrons. The Hall–Kier alpha value is -2.37. The van der Waals surface area contributed by atoms with Crippen molar-refractivity contribution >= 4 is 11.6 Å². The second kappa shape index (κ2) is 5.79. The second-order valence-corrected chi connectivity index (χ2v) is 5.53. The van der Waals surface area contributed by atoms with Crippen LogP contribution in [0.25, 0.3) is 0 Å². The summed E-state index contributed by atoms with van der Waals surface area (Å²) in [5.74, 6) is -0.235. The molecule has 2 aromatic rings. The zero-order valence-electron chi connectivity index (χ0n) is 12.8. The number of rotatable bonds is 2. The molecule has 1 aliphatic rings. The van der Waals surface area contributed by atoms with E-state index in [1.807, 2.05) is 17.9 Å². The van der Waals surface area contributed by atoms with Gasteiger partial charge >= 0.3 is 0 Å². The van der Waals surface area contributed by atoms with Gasteiger partial charge < -0.3 is 9.80 Å². The first-order chi connectivity index (χ1) is 10.6. The van der Waals surface area contributed by atoms with Crippen molar-refractivity contribution < 1.29 is 9.18 Å². The Morgan fingerprint density at radius 2 is 1.86 bits per heavy atom. The standard InChI is InChI=1S/C16H19FN4O/c1-12-11-15(19(2)18-12)16(22)21-9-7-20(8-10-21)14-6-4-3-5-13(14)17/h3-6,11H,7-10H2,1-2H3. The molecule has 0 spiro atoms. The van der Waals surface area contributed by atoms with Gasteiger partial charge in [0, 0.05) is 33.2 Å². The Bertz CT molecular complexity index is 689. The SMILES string of the molecule is Cc1cc(C(=O)N2CCN(c3ccccc3F)CC2)n(C)n1. The van der Waals surface area contributed by atoms with E-state index in [1.54, 1.807) is 34.8 Å². The summed E-state index contributed by atoms with van der Waals surface area (Å²) in [5.41, 5.74) is 2.03. The highest BCUT2D eigenvalue weighted by atomic mass is 19.1. The lowest BCUT2D eigenvalue weighted by molar-refractivity contribution is 0.0735. The predicted octanol–water partition coefficient (Wildman–Crippen LogP) is 1.83. The van der Waals surface area contributed by atoms with Crippen LogP contribution in [0, 0.1) is 12.7 Å². The second-order valence-electron chi connectivity index (χ2n) is 5.53. The summed E-state index contributed by atoms with van der Waals surface area (Å²) in [6.45, 7) is 4.29. The van der Waals surface area contributed by atoms with Crippen LogP contribution in [0.3, 0.4) is 0 Å². The molecule has 5 nitrogen and oxygen atoms in total. The molecule has 0 atom stereocenters. The quantitative estimate of drug-likeness (QED) is 0.850. The number of hydrogen-bond donors (Lipinski definition) is 0. The Kier molecular flexibility index (Phi) is 3.83. The maximum Gasteiger partial charge on any atom is 0.272 e. The summed E-state index contributed by atoms with van der Waals surface area (Å²) in [6, 6.07) is 8.55. The van der Waals surface area contributed by atoms with Crippen molar-refractivity contribution in [2.75, 3.05) is 31.1 Å². The molecule has 0 N–H and O–H groups in total. The van der Waals surface area contributed by atoms with Gasteiger partial charge in [-0.2, -0.15) is 5.10 Å². The molecule has 0 saturated carbocycles. The number of carbonyl (C=O) groups excluding carboxylic acids is 1. The molecule has 0 aliphatic carbocycles. The van der Waals surface area contributed by atoms with E-state index in [1.165, 1.54) is 6.07 Å². The maximum absolute atomic E-state index is 13.8. The molecular formula is C16H19FN4O. The van der Waals surface area contributed by atoms with Gasteiger partial charge in [-0.15, -0.1) is 0 Å². The first kappa shape index (κ1) is 14.6. The van der Waals surface area contributed by atoms with E-state index in [-0.39, 0.29) is 11.7 Å². The summed E-state index contributed by atoms with van der Waals surface area (Å²) in [6.07, 6.45) is 0. The number of carbonyl (C=O) groups is 1. The molecule has 1 fully saturated rings. The van der Waals surface area contributed by atoms with Crippen molar-refractivity contribution in [3.05, 3.63) is 47.5 Å². The zero-order valence-corrected chi connectivity index (χ0v) is 12.8. The van der Waals surface area contributed by atoms with E-state index >= 15 is 0 Å². The number of aromatic nitrogens is 2. The topological polar surface area (TPSA) is 41.4 Å². The van der Waals surface area contributed by atoms with Crippen LogP contribution in [-0.4, -0.2) is 46.8 Å². The Labute approximate surface area is 128 Å². The Morgan fingerprint density at radius 1 is 1.18 bits per heavy atom. The van der Waals surface area contributed by atoms with Crippen LogP contribution in [0.1, 0.15) is 16.2 Å². The fourth-order valence-electron chi connectivity index (χ4n) is 2.83. The fraction of sp³-hybridized carbons (Fsp3) is 0.375. The van der Waals surface area contributed by atoms with Crippen LogP contribution in [0.15, 0.2) is 30.3 Å². The Morgan fingerprint density at radius 3 is 2.45 bits per heavy atom. The first-order valence-electron chi connectivity index (χ1n) is 7.35. The van der Waals surface area contributed by atoms with Gasteiger partial charge in [-0.05, 0) is 25.1 Å². The fourth-order valence-corrected chi connectivity index (χ4v) is 2.83. The lowest BCUT2D eigenvalue weighted by Crippen LogP contribution is -2.49. The largest absolute Gasteiger partial charge is 0.366 e. The molecular weight excluding hydrogens is 283 g/mol. The van der Waals surface area contributed by atoms with E-state index in [4.69, 9.17) is 0 Å². The third-order valence-corrected chi connectivity index (χ3v) is 3.98. The Balaban J connectivity index is 1.68. The van der Waals surface area contributed by atoms with E-state index < -0.39 is 0 Å². The average molecular weight is 302 g/mol. The van der Waals surface area contributed by atoms with Gasteiger partial charge in [0.05, 0.1) is 11.4 Å². The number of piperazine rings is 1. The molecule has 0 bridgehead atoms. The third-order valence-electron chi connectivity index (χ3n) is 3.98. The average Bonchev–Trinajstić information content (AvgIpc) is 2.86. The van der Waals surface area contributed by atoms with Gasteiger partial charge in [-0.3, -0.25) is 9.48 Å². The number of aryl methyl sites for hydroxylation is 2. The molecule has 1 aromatic carbocycles. The van der Waals surface area contributed by atoms with Gasteiger partial charge in [0.1, 0.15) is 11.5 Å². The first-order valence-corrected chi connectivity index (χ1v) is 7.35. The molecule has 0 radical (unpaired) electrons. The number of hydrogen-bond acceptors (Lipinski definition) is 3. The molecule has 1 aliphatic heterocycles. The van der Waals surface area contributed by atoms with Gasteiger partial charge in [0.2, 0.25) is 0 Å². The summed E-state index contributed by atoms with van der Waals surface area (Å²) in [4.78, 5) is 16.3. The number of nitrogens with zero attached hydrogens (tertiary/aromatic N) is 4. The van der Waals surface area contributed by atoms with Crippen LogP contribution in [0.4, 0.5) is 10.1 Å².